The van der Waals surface area contributed by atoms with Gasteiger partial charge in [-0.2, -0.15) is 5.26 Å². The molecule has 1 aromatic rings. The Balaban J connectivity index is 3.35. The number of hydrogen-bond donors (Lipinski definition) is 0. The summed E-state index contributed by atoms with van der Waals surface area (Å²) in [5, 5.41) is 8.57. The molecule has 0 fully saturated rings. The van der Waals surface area contributed by atoms with E-state index in [0.29, 0.717) is 0 Å². The Morgan fingerprint density at radius 1 is 1.67 bits per heavy atom. The highest BCUT2D eigenvalue weighted by atomic mass is 35.5. The number of alkyl halides is 1. The van der Waals surface area contributed by atoms with Crippen molar-refractivity contribution in [3.63, 3.8) is 0 Å². The molecule has 0 bridgehead atoms. The number of ether oxygens (including phenoxy) is 1. The van der Waals surface area contributed by atoms with Crippen LogP contribution in [-0.2, 0) is 0 Å². The van der Waals surface area contributed by atoms with E-state index < -0.39 is 11.6 Å². The maximum atomic E-state index is 13.2. The van der Waals surface area contributed by atoms with Crippen LogP contribution in [-0.4, -0.2) is 18.8 Å². The van der Waals surface area contributed by atoms with E-state index in [0.717, 1.165) is 6.07 Å². The predicted molar refractivity (Wildman–Crippen MR) is 52.7 cm³/mol. The highest BCUT2D eigenvalue weighted by Gasteiger charge is 2.15. The van der Waals surface area contributed by atoms with E-state index in [1.54, 1.807) is 6.07 Å². The molecule has 0 amide bonds. The number of carbonyl (C=O) groups excluding carboxylic acids is 1. The summed E-state index contributed by atoms with van der Waals surface area (Å²) >= 11 is 5.35. The lowest BCUT2D eigenvalue weighted by Gasteiger charge is -2.06. The van der Waals surface area contributed by atoms with Crippen LogP contribution in [0.25, 0.3) is 0 Å². The van der Waals surface area contributed by atoms with Crippen molar-refractivity contribution in [2.75, 3.05) is 13.0 Å². The van der Waals surface area contributed by atoms with Gasteiger partial charge in [-0.1, -0.05) is 0 Å². The molecule has 1 rings (SSSR count). The quantitative estimate of drug-likeness (QED) is 0.587. The van der Waals surface area contributed by atoms with Crippen molar-refractivity contribution in [2.24, 2.45) is 0 Å². The molecule has 0 heterocycles. The lowest BCUT2D eigenvalue weighted by molar-refractivity contribution is 0.101. The van der Waals surface area contributed by atoms with Gasteiger partial charge >= 0.3 is 0 Å². The van der Waals surface area contributed by atoms with Crippen LogP contribution in [0.3, 0.4) is 0 Å². The zero-order valence-corrected chi connectivity index (χ0v) is 8.64. The second kappa shape index (κ2) is 4.76. The molecule has 3 nitrogen and oxygen atoms in total. The van der Waals surface area contributed by atoms with Gasteiger partial charge in [-0.05, 0) is 6.07 Å². The molecule has 0 aromatic heterocycles. The number of hydrogen-bond acceptors (Lipinski definition) is 3. The molecule has 0 atom stereocenters. The third kappa shape index (κ3) is 2.25. The van der Waals surface area contributed by atoms with E-state index in [9.17, 15) is 9.18 Å². The van der Waals surface area contributed by atoms with Crippen LogP contribution in [0.2, 0.25) is 0 Å². The monoisotopic (exact) mass is 227 g/mol. The predicted octanol–water partition coefficient (Wildman–Crippen LogP) is 2.13. The highest BCUT2D eigenvalue weighted by molar-refractivity contribution is 6.30. The number of Topliss-reactive ketones (excluding diaryl/α,β-unsaturated/α-hetero) is 1. The molecule has 0 aliphatic carbocycles. The van der Waals surface area contributed by atoms with Crippen molar-refractivity contribution < 1.29 is 13.9 Å². The van der Waals surface area contributed by atoms with Crippen molar-refractivity contribution in [1.29, 1.82) is 5.26 Å². The van der Waals surface area contributed by atoms with Crippen LogP contribution < -0.4 is 4.74 Å². The van der Waals surface area contributed by atoms with Gasteiger partial charge in [0.1, 0.15) is 17.6 Å². The summed E-state index contributed by atoms with van der Waals surface area (Å²) in [4.78, 5) is 11.3. The third-order valence-corrected chi connectivity index (χ3v) is 2.07. The van der Waals surface area contributed by atoms with E-state index in [2.05, 4.69) is 0 Å². The number of carbonyl (C=O) groups is 1. The molecule has 0 aliphatic heterocycles. The molecule has 0 saturated carbocycles. The molecule has 15 heavy (non-hydrogen) atoms. The lowest BCUT2D eigenvalue weighted by Crippen LogP contribution is -2.05. The maximum absolute atomic E-state index is 13.2. The second-order valence-corrected chi connectivity index (χ2v) is 2.97. The number of nitriles is 1. The van der Waals surface area contributed by atoms with Crippen LogP contribution in [0.1, 0.15) is 15.9 Å². The van der Waals surface area contributed by atoms with Gasteiger partial charge in [-0.3, -0.25) is 4.79 Å². The summed E-state index contributed by atoms with van der Waals surface area (Å²) in [5.41, 5.74) is -0.123. The van der Waals surface area contributed by atoms with Gasteiger partial charge in [0.05, 0.1) is 24.1 Å². The largest absolute Gasteiger partial charge is 0.496 e. The summed E-state index contributed by atoms with van der Waals surface area (Å²) in [6, 6.07) is 3.79. The third-order valence-electron chi connectivity index (χ3n) is 1.83. The van der Waals surface area contributed by atoms with Crippen molar-refractivity contribution in [3.8, 4) is 11.8 Å². The fourth-order valence-electron chi connectivity index (χ4n) is 1.10. The van der Waals surface area contributed by atoms with Gasteiger partial charge in [0, 0.05) is 6.07 Å². The van der Waals surface area contributed by atoms with Gasteiger partial charge in [-0.25, -0.2) is 4.39 Å². The normalized spacial score (nSPS) is 9.47. The average Bonchev–Trinajstić information content (AvgIpc) is 2.27. The first-order chi connectivity index (χ1) is 7.13. The van der Waals surface area contributed by atoms with Crippen LogP contribution in [0.4, 0.5) is 4.39 Å². The maximum Gasteiger partial charge on any atom is 0.181 e. The number of ketones is 1. The Hall–Kier alpha value is -1.60. The number of rotatable bonds is 3. The van der Waals surface area contributed by atoms with E-state index in [1.807, 2.05) is 0 Å². The van der Waals surface area contributed by atoms with Crippen LogP contribution in [0.5, 0.6) is 5.75 Å². The Bertz CT molecular complexity index is 440. The number of halogens is 2. The smallest absolute Gasteiger partial charge is 0.181 e. The average molecular weight is 228 g/mol. The fourth-order valence-corrected chi connectivity index (χ4v) is 1.24. The van der Waals surface area contributed by atoms with Crippen molar-refractivity contribution in [2.45, 2.75) is 0 Å². The van der Waals surface area contributed by atoms with Gasteiger partial charge in [0.25, 0.3) is 0 Å². The van der Waals surface area contributed by atoms with E-state index in [-0.39, 0.29) is 22.8 Å². The van der Waals surface area contributed by atoms with E-state index >= 15 is 0 Å². The summed E-state index contributed by atoms with van der Waals surface area (Å²) in [6.45, 7) is 0. The van der Waals surface area contributed by atoms with Crippen LogP contribution in [0, 0.1) is 17.1 Å². The summed E-state index contributed by atoms with van der Waals surface area (Å²) in [5.74, 6) is -1.32. The second-order valence-electron chi connectivity index (χ2n) is 2.70. The zero-order chi connectivity index (χ0) is 11.4. The van der Waals surface area contributed by atoms with Gasteiger partial charge in [-0.15, -0.1) is 11.6 Å². The first-order valence-corrected chi connectivity index (χ1v) is 4.54. The van der Waals surface area contributed by atoms with Gasteiger partial charge < -0.3 is 4.74 Å². The Kier molecular flexibility index (Phi) is 3.64. The summed E-state index contributed by atoms with van der Waals surface area (Å²) in [6.07, 6.45) is 0. The minimum absolute atomic E-state index is 0.0454. The molecule has 5 heteroatoms. The van der Waals surface area contributed by atoms with Gasteiger partial charge in [0.2, 0.25) is 0 Å². The number of nitrogens with zero attached hydrogens (tertiary/aromatic N) is 1. The molecule has 0 radical (unpaired) electrons. The number of benzene rings is 1. The highest BCUT2D eigenvalue weighted by Crippen LogP contribution is 2.23. The first-order valence-electron chi connectivity index (χ1n) is 4.00. The molecule has 0 saturated heterocycles. The standard InChI is InChI=1S/C10H7ClFNO2/c1-15-10-2-6(5-13)8(12)3-7(10)9(14)4-11/h2-3H,4H2,1H3. The summed E-state index contributed by atoms with van der Waals surface area (Å²) < 4.78 is 18.1. The Morgan fingerprint density at radius 2 is 2.33 bits per heavy atom. The minimum atomic E-state index is -0.758. The topological polar surface area (TPSA) is 50.1 Å². The zero-order valence-electron chi connectivity index (χ0n) is 7.88. The molecule has 1 aromatic carbocycles. The Labute approximate surface area is 91.0 Å². The first kappa shape index (κ1) is 11.5. The lowest BCUT2D eigenvalue weighted by atomic mass is 10.1. The molecule has 0 aliphatic rings. The van der Waals surface area contributed by atoms with E-state index in [4.69, 9.17) is 21.6 Å². The fraction of sp³-hybridized carbons (Fsp3) is 0.200. The molecular formula is C10H7ClFNO2. The van der Waals surface area contributed by atoms with E-state index in [1.165, 1.54) is 13.2 Å². The molecule has 0 N–H and O–H groups in total. The van der Waals surface area contributed by atoms with Crippen LogP contribution in [0.15, 0.2) is 12.1 Å². The van der Waals surface area contributed by atoms with Crippen molar-refractivity contribution >= 4 is 17.4 Å². The molecular weight excluding hydrogens is 221 g/mol. The molecule has 0 unspecified atom stereocenters. The SMILES string of the molecule is COc1cc(C#N)c(F)cc1C(=O)CCl. The van der Waals surface area contributed by atoms with Crippen LogP contribution >= 0.6 is 11.6 Å². The minimum Gasteiger partial charge on any atom is -0.496 e. The number of methoxy groups -OCH3 is 1. The molecule has 0 spiro atoms. The summed E-state index contributed by atoms with van der Waals surface area (Å²) in [7, 11) is 1.33. The van der Waals surface area contributed by atoms with Crippen molar-refractivity contribution in [1.82, 2.24) is 0 Å². The molecule has 78 valence electrons. The van der Waals surface area contributed by atoms with Gasteiger partial charge in [0.15, 0.2) is 5.78 Å². The Morgan fingerprint density at radius 3 is 2.80 bits per heavy atom. The van der Waals surface area contributed by atoms with Crippen molar-refractivity contribution in [3.05, 3.63) is 29.1 Å².